The van der Waals surface area contributed by atoms with E-state index in [0.717, 1.165) is 6.08 Å². The maximum Gasteiger partial charge on any atom is 0.331 e. The molecule has 1 aromatic rings. The molecule has 2 N–H and O–H groups in total. The predicted octanol–water partition coefficient (Wildman–Crippen LogP) is 3.56. The highest BCUT2D eigenvalue weighted by molar-refractivity contribution is 6.42. The molecule has 0 aliphatic heterocycles. The summed E-state index contributed by atoms with van der Waals surface area (Å²) in [5.41, 5.74) is 0.153. The van der Waals surface area contributed by atoms with Crippen LogP contribution in [0.1, 0.15) is 33.3 Å². The van der Waals surface area contributed by atoms with Gasteiger partial charge in [0, 0.05) is 11.6 Å². The monoisotopic (exact) mass is 386 g/mol. The third-order valence-electron chi connectivity index (χ3n) is 2.74. The first-order valence-electron chi connectivity index (χ1n) is 7.44. The van der Waals surface area contributed by atoms with Crippen LogP contribution in [0.5, 0.6) is 0 Å². The molecular formula is C17H20Cl2N2O4. The number of imide groups is 1. The molecule has 0 heterocycles. The van der Waals surface area contributed by atoms with E-state index < -0.39 is 29.6 Å². The number of hydrogen-bond acceptors (Lipinski definition) is 4. The van der Waals surface area contributed by atoms with E-state index in [4.69, 9.17) is 27.9 Å². The number of hydrogen-bond donors (Lipinski definition) is 2. The Balaban J connectivity index is 2.55. The van der Waals surface area contributed by atoms with Gasteiger partial charge in [-0.15, -0.1) is 0 Å². The van der Waals surface area contributed by atoms with Crippen molar-refractivity contribution in [2.45, 2.75) is 39.3 Å². The lowest BCUT2D eigenvalue weighted by atomic mass is 10.1. The average Bonchev–Trinajstić information content (AvgIpc) is 2.46. The van der Waals surface area contributed by atoms with Gasteiger partial charge in [-0.1, -0.05) is 29.3 Å². The summed E-state index contributed by atoms with van der Waals surface area (Å²) in [5.74, 6) is -1.46. The van der Waals surface area contributed by atoms with Crippen molar-refractivity contribution in [2.75, 3.05) is 0 Å². The van der Waals surface area contributed by atoms with Crippen LogP contribution in [0.4, 0.5) is 4.79 Å². The summed E-state index contributed by atoms with van der Waals surface area (Å²) in [6.07, 6.45) is 1.50. The lowest BCUT2D eigenvalue weighted by Gasteiger charge is -2.21. The van der Waals surface area contributed by atoms with E-state index in [1.807, 2.05) is 0 Å². The van der Waals surface area contributed by atoms with Crippen molar-refractivity contribution in [1.29, 1.82) is 0 Å². The predicted molar refractivity (Wildman–Crippen MR) is 97.5 cm³/mol. The van der Waals surface area contributed by atoms with Crippen molar-refractivity contribution < 1.29 is 19.1 Å². The number of benzene rings is 1. The summed E-state index contributed by atoms with van der Waals surface area (Å²) in [5, 5.41) is 5.43. The normalized spacial score (nSPS) is 12.6. The first-order valence-corrected chi connectivity index (χ1v) is 8.20. The Hall–Kier alpha value is -2.05. The minimum absolute atomic E-state index is 0.356. The van der Waals surface area contributed by atoms with E-state index in [1.54, 1.807) is 39.0 Å². The zero-order valence-corrected chi connectivity index (χ0v) is 15.9. The van der Waals surface area contributed by atoms with E-state index in [0.29, 0.717) is 15.6 Å². The first-order chi connectivity index (χ1) is 11.5. The summed E-state index contributed by atoms with van der Waals surface area (Å²) in [7, 11) is 0. The van der Waals surface area contributed by atoms with Gasteiger partial charge in [-0.3, -0.25) is 10.1 Å². The SMILES string of the molecule is C[C@@H](OC(=O)/C=C/c1ccc(Cl)c(Cl)c1)C(=O)NC(=O)NC(C)(C)C. The molecule has 1 aromatic carbocycles. The zero-order valence-electron chi connectivity index (χ0n) is 14.4. The molecule has 25 heavy (non-hydrogen) atoms. The van der Waals surface area contributed by atoms with Crippen molar-refractivity contribution in [2.24, 2.45) is 0 Å². The van der Waals surface area contributed by atoms with Crippen LogP contribution in [-0.2, 0) is 14.3 Å². The lowest BCUT2D eigenvalue weighted by Crippen LogP contribution is -2.50. The Morgan fingerprint density at radius 2 is 1.80 bits per heavy atom. The highest BCUT2D eigenvalue weighted by Gasteiger charge is 2.21. The van der Waals surface area contributed by atoms with Gasteiger partial charge in [-0.05, 0) is 51.5 Å². The van der Waals surface area contributed by atoms with Gasteiger partial charge in [0.2, 0.25) is 0 Å². The van der Waals surface area contributed by atoms with Gasteiger partial charge >= 0.3 is 12.0 Å². The summed E-state index contributed by atoms with van der Waals surface area (Å²) in [4.78, 5) is 35.2. The first kappa shape index (κ1) is 21.0. The van der Waals surface area contributed by atoms with Crippen LogP contribution in [-0.4, -0.2) is 29.6 Å². The second-order valence-corrected chi connectivity index (χ2v) is 7.09. The molecule has 0 bridgehead atoms. The number of rotatable bonds is 4. The van der Waals surface area contributed by atoms with Gasteiger partial charge in [-0.25, -0.2) is 9.59 Å². The minimum atomic E-state index is -1.13. The summed E-state index contributed by atoms with van der Waals surface area (Å²) >= 11 is 11.7. The molecule has 0 fully saturated rings. The Labute approximate surface area is 156 Å². The Kier molecular flexibility index (Phi) is 7.45. The summed E-state index contributed by atoms with van der Waals surface area (Å²) < 4.78 is 4.94. The smallest absolute Gasteiger partial charge is 0.331 e. The topological polar surface area (TPSA) is 84.5 Å². The molecule has 0 aliphatic rings. The van der Waals surface area contributed by atoms with Crippen LogP contribution in [0.2, 0.25) is 10.0 Å². The molecule has 8 heteroatoms. The number of ether oxygens (including phenoxy) is 1. The molecule has 0 radical (unpaired) electrons. The molecule has 0 spiro atoms. The molecule has 6 nitrogen and oxygen atoms in total. The van der Waals surface area contributed by atoms with Crippen molar-refractivity contribution in [3.63, 3.8) is 0 Å². The van der Waals surface area contributed by atoms with E-state index in [9.17, 15) is 14.4 Å². The fourth-order valence-electron chi connectivity index (χ4n) is 1.63. The van der Waals surface area contributed by atoms with Crippen molar-refractivity contribution in [3.05, 3.63) is 39.9 Å². The highest BCUT2D eigenvalue weighted by Crippen LogP contribution is 2.23. The average molecular weight is 387 g/mol. The molecule has 0 saturated carbocycles. The molecule has 3 amide bonds. The second-order valence-electron chi connectivity index (χ2n) is 6.28. The Morgan fingerprint density at radius 3 is 2.36 bits per heavy atom. The van der Waals surface area contributed by atoms with Gasteiger partial charge in [0.25, 0.3) is 5.91 Å². The van der Waals surface area contributed by atoms with Crippen LogP contribution < -0.4 is 10.6 Å². The number of carbonyl (C=O) groups is 3. The van der Waals surface area contributed by atoms with E-state index in [2.05, 4.69) is 10.6 Å². The Bertz CT molecular complexity index is 696. The summed E-state index contributed by atoms with van der Waals surface area (Å²) in [6, 6.07) is 4.19. The number of nitrogens with one attached hydrogen (secondary N) is 2. The minimum Gasteiger partial charge on any atom is -0.449 e. The van der Waals surface area contributed by atoms with Gasteiger partial charge < -0.3 is 10.1 Å². The molecule has 1 rings (SSSR count). The van der Waals surface area contributed by atoms with Crippen LogP contribution in [0.25, 0.3) is 6.08 Å². The highest BCUT2D eigenvalue weighted by atomic mass is 35.5. The third-order valence-corrected chi connectivity index (χ3v) is 3.48. The molecular weight excluding hydrogens is 367 g/mol. The van der Waals surface area contributed by atoms with Crippen LogP contribution >= 0.6 is 23.2 Å². The maximum absolute atomic E-state index is 11.8. The molecule has 0 unspecified atom stereocenters. The van der Waals surface area contributed by atoms with Gasteiger partial charge in [0.1, 0.15) is 0 Å². The lowest BCUT2D eigenvalue weighted by molar-refractivity contribution is -0.149. The maximum atomic E-state index is 11.8. The fraction of sp³-hybridized carbons (Fsp3) is 0.353. The largest absolute Gasteiger partial charge is 0.449 e. The molecule has 136 valence electrons. The van der Waals surface area contributed by atoms with Crippen LogP contribution in [0.15, 0.2) is 24.3 Å². The van der Waals surface area contributed by atoms with E-state index in [-0.39, 0.29) is 0 Å². The summed E-state index contributed by atoms with van der Waals surface area (Å²) in [6.45, 7) is 6.68. The third kappa shape index (κ3) is 8.05. The number of halogens is 2. The fourth-order valence-corrected chi connectivity index (χ4v) is 1.94. The standard InChI is InChI=1S/C17H20Cl2N2O4/c1-10(15(23)20-16(24)21-17(2,3)4)25-14(22)8-6-11-5-7-12(18)13(19)9-11/h5-10H,1-4H3,(H2,20,21,23,24)/b8-6+/t10-/m1/s1. The number of urea groups is 1. The molecule has 0 aliphatic carbocycles. The van der Waals surface area contributed by atoms with Crippen molar-refractivity contribution >= 4 is 47.2 Å². The number of amides is 3. The molecule has 1 atom stereocenters. The van der Waals surface area contributed by atoms with Crippen LogP contribution in [0.3, 0.4) is 0 Å². The quantitative estimate of drug-likeness (QED) is 0.611. The van der Waals surface area contributed by atoms with E-state index >= 15 is 0 Å². The Morgan fingerprint density at radius 1 is 1.16 bits per heavy atom. The molecule has 0 aromatic heterocycles. The van der Waals surface area contributed by atoms with Crippen LogP contribution in [0, 0.1) is 0 Å². The van der Waals surface area contributed by atoms with Gasteiger partial charge in [0.05, 0.1) is 10.0 Å². The number of esters is 1. The zero-order chi connectivity index (χ0) is 19.2. The van der Waals surface area contributed by atoms with Crippen molar-refractivity contribution in [3.8, 4) is 0 Å². The second kappa shape index (κ2) is 8.87. The van der Waals surface area contributed by atoms with Gasteiger partial charge in [-0.2, -0.15) is 0 Å². The number of carbonyl (C=O) groups excluding carboxylic acids is 3. The van der Waals surface area contributed by atoms with Gasteiger partial charge in [0.15, 0.2) is 6.10 Å². The van der Waals surface area contributed by atoms with Crippen molar-refractivity contribution in [1.82, 2.24) is 10.6 Å². The van der Waals surface area contributed by atoms with E-state index in [1.165, 1.54) is 13.0 Å². The molecule has 0 saturated heterocycles.